The molecule has 0 heterocycles. The molecule has 1 rings (SSSR count). The first-order valence-electron chi connectivity index (χ1n) is 6.56. The molecule has 1 amide bonds. The Kier molecular flexibility index (Phi) is 5.40. The van der Waals surface area contributed by atoms with Crippen LogP contribution in [0.1, 0.15) is 36.2 Å². The van der Waals surface area contributed by atoms with Gasteiger partial charge in [0.1, 0.15) is 6.54 Å². The third-order valence-electron chi connectivity index (χ3n) is 3.42. The van der Waals surface area contributed by atoms with Crippen molar-refractivity contribution in [2.24, 2.45) is 0 Å². The second-order valence-electron chi connectivity index (χ2n) is 4.79. The van der Waals surface area contributed by atoms with Gasteiger partial charge in [-0.25, -0.2) is 0 Å². The molecule has 0 aliphatic heterocycles. The van der Waals surface area contributed by atoms with Gasteiger partial charge >= 0.3 is 5.97 Å². The number of hydrogen-bond donors (Lipinski definition) is 1. The number of carbonyl (C=O) groups excluding carboxylic acids is 1. The molecular formula is C14H18N2O5. The van der Waals surface area contributed by atoms with E-state index in [9.17, 15) is 19.7 Å². The van der Waals surface area contributed by atoms with E-state index in [2.05, 4.69) is 0 Å². The number of benzene rings is 1. The molecule has 0 aliphatic carbocycles. The van der Waals surface area contributed by atoms with Gasteiger partial charge in [0.2, 0.25) is 0 Å². The number of carboxylic acid groups (broad SMARTS) is 1. The molecule has 1 aromatic rings. The van der Waals surface area contributed by atoms with Crippen LogP contribution in [0.4, 0.5) is 5.69 Å². The van der Waals surface area contributed by atoms with Gasteiger partial charge in [-0.2, -0.15) is 0 Å². The summed E-state index contributed by atoms with van der Waals surface area (Å²) in [4.78, 5) is 35.0. The van der Waals surface area contributed by atoms with Gasteiger partial charge in [0.15, 0.2) is 0 Å². The highest BCUT2D eigenvalue weighted by atomic mass is 16.6. The fraction of sp³-hybridized carbons (Fsp3) is 0.429. The van der Waals surface area contributed by atoms with Crippen molar-refractivity contribution >= 4 is 17.6 Å². The van der Waals surface area contributed by atoms with Gasteiger partial charge in [0.05, 0.1) is 4.92 Å². The highest BCUT2D eigenvalue weighted by Gasteiger charge is 2.26. The zero-order chi connectivity index (χ0) is 16.2. The molecule has 0 aromatic heterocycles. The number of carbonyl (C=O) groups is 2. The second-order valence-corrected chi connectivity index (χ2v) is 4.79. The number of amides is 1. The van der Waals surface area contributed by atoms with E-state index in [1.807, 2.05) is 6.92 Å². The highest BCUT2D eigenvalue weighted by Crippen LogP contribution is 2.23. The molecular weight excluding hydrogens is 276 g/mol. The minimum Gasteiger partial charge on any atom is -0.480 e. The van der Waals surface area contributed by atoms with Crippen LogP contribution in [0.5, 0.6) is 0 Å². The fourth-order valence-electron chi connectivity index (χ4n) is 2.00. The van der Waals surface area contributed by atoms with Crippen LogP contribution in [0, 0.1) is 17.0 Å². The Labute approximate surface area is 122 Å². The molecule has 0 aliphatic rings. The fourth-order valence-corrected chi connectivity index (χ4v) is 2.00. The van der Waals surface area contributed by atoms with Crippen LogP contribution in [0.3, 0.4) is 0 Å². The summed E-state index contributed by atoms with van der Waals surface area (Å²) in [7, 11) is 0. The van der Waals surface area contributed by atoms with Crippen molar-refractivity contribution in [1.29, 1.82) is 0 Å². The summed E-state index contributed by atoms with van der Waals surface area (Å²) in [6, 6.07) is 3.94. The van der Waals surface area contributed by atoms with E-state index in [0.717, 1.165) is 0 Å². The third-order valence-corrected chi connectivity index (χ3v) is 3.42. The Morgan fingerprint density at radius 1 is 1.43 bits per heavy atom. The molecule has 114 valence electrons. The van der Waals surface area contributed by atoms with Gasteiger partial charge in [-0.15, -0.1) is 0 Å². The molecule has 0 saturated heterocycles. The van der Waals surface area contributed by atoms with Gasteiger partial charge in [0, 0.05) is 23.2 Å². The maximum Gasteiger partial charge on any atom is 0.323 e. The number of nitrogens with zero attached hydrogens (tertiary/aromatic N) is 2. The van der Waals surface area contributed by atoms with Crippen LogP contribution in [-0.2, 0) is 4.79 Å². The molecule has 1 unspecified atom stereocenters. The zero-order valence-corrected chi connectivity index (χ0v) is 12.2. The summed E-state index contributed by atoms with van der Waals surface area (Å²) in [6.07, 6.45) is 0.590. The minimum atomic E-state index is -1.12. The molecule has 21 heavy (non-hydrogen) atoms. The Balaban J connectivity index is 3.23. The maximum absolute atomic E-state index is 12.5. The van der Waals surface area contributed by atoms with Crippen LogP contribution in [0.25, 0.3) is 0 Å². The SMILES string of the molecule is CCC(C)N(CC(=O)O)C(=O)c1cccc([N+](=O)[O-])c1C. The Bertz CT molecular complexity index is 570. The smallest absolute Gasteiger partial charge is 0.323 e. The number of rotatable bonds is 6. The van der Waals surface area contributed by atoms with Crippen molar-refractivity contribution in [2.45, 2.75) is 33.2 Å². The minimum absolute atomic E-state index is 0.153. The van der Waals surface area contributed by atoms with Crippen molar-refractivity contribution in [3.05, 3.63) is 39.4 Å². The average Bonchev–Trinajstić information content (AvgIpc) is 2.43. The standard InChI is InChI=1S/C14H18N2O5/c1-4-9(2)15(8-13(17)18)14(19)11-6-5-7-12(10(11)3)16(20)21/h5-7,9H,4,8H2,1-3H3,(H,17,18). The third kappa shape index (κ3) is 3.77. The lowest BCUT2D eigenvalue weighted by atomic mass is 10.0. The number of aliphatic carboxylic acids is 1. The normalized spacial score (nSPS) is 11.8. The monoisotopic (exact) mass is 294 g/mol. The number of nitro groups is 1. The molecule has 7 heteroatoms. The van der Waals surface area contributed by atoms with Crippen molar-refractivity contribution in [1.82, 2.24) is 4.90 Å². The number of hydrogen-bond acceptors (Lipinski definition) is 4. The molecule has 1 N–H and O–H groups in total. The van der Waals surface area contributed by atoms with Crippen molar-refractivity contribution in [3.8, 4) is 0 Å². The highest BCUT2D eigenvalue weighted by molar-refractivity contribution is 5.98. The average molecular weight is 294 g/mol. The van der Waals surface area contributed by atoms with Gasteiger partial charge in [-0.3, -0.25) is 19.7 Å². The summed E-state index contributed by atoms with van der Waals surface area (Å²) in [5, 5.41) is 19.9. The second kappa shape index (κ2) is 6.83. The molecule has 0 fully saturated rings. The Morgan fingerprint density at radius 3 is 2.52 bits per heavy atom. The molecule has 0 radical (unpaired) electrons. The molecule has 0 saturated carbocycles. The molecule has 1 aromatic carbocycles. The van der Waals surface area contributed by atoms with E-state index in [1.54, 1.807) is 6.92 Å². The zero-order valence-electron chi connectivity index (χ0n) is 12.2. The van der Waals surface area contributed by atoms with Gasteiger partial charge in [0.25, 0.3) is 11.6 Å². The van der Waals surface area contributed by atoms with E-state index in [0.29, 0.717) is 6.42 Å². The van der Waals surface area contributed by atoms with E-state index < -0.39 is 23.3 Å². The van der Waals surface area contributed by atoms with E-state index in [1.165, 1.54) is 30.0 Å². The predicted molar refractivity (Wildman–Crippen MR) is 76.3 cm³/mol. The van der Waals surface area contributed by atoms with E-state index in [-0.39, 0.29) is 22.9 Å². The van der Waals surface area contributed by atoms with Gasteiger partial charge in [-0.1, -0.05) is 13.0 Å². The summed E-state index contributed by atoms with van der Waals surface area (Å²) in [6.45, 7) is 4.64. The van der Waals surface area contributed by atoms with Crippen molar-refractivity contribution in [2.75, 3.05) is 6.54 Å². The number of carboxylic acids is 1. The van der Waals surface area contributed by atoms with Crippen molar-refractivity contribution < 1.29 is 19.6 Å². The van der Waals surface area contributed by atoms with Gasteiger partial charge < -0.3 is 10.0 Å². The van der Waals surface area contributed by atoms with Crippen LogP contribution in [0.15, 0.2) is 18.2 Å². The quantitative estimate of drug-likeness (QED) is 0.640. The lowest BCUT2D eigenvalue weighted by molar-refractivity contribution is -0.385. The van der Waals surface area contributed by atoms with Crippen LogP contribution in [0.2, 0.25) is 0 Å². The maximum atomic E-state index is 12.5. The van der Waals surface area contributed by atoms with E-state index >= 15 is 0 Å². The van der Waals surface area contributed by atoms with E-state index in [4.69, 9.17) is 5.11 Å². The summed E-state index contributed by atoms with van der Waals surface area (Å²) in [5.41, 5.74) is 0.247. The topological polar surface area (TPSA) is 101 Å². The summed E-state index contributed by atoms with van der Waals surface area (Å²) >= 11 is 0. The number of nitro benzene ring substituents is 1. The molecule has 0 spiro atoms. The van der Waals surface area contributed by atoms with Crippen molar-refractivity contribution in [3.63, 3.8) is 0 Å². The van der Waals surface area contributed by atoms with Gasteiger partial charge in [-0.05, 0) is 26.3 Å². The Hall–Kier alpha value is -2.44. The summed E-state index contributed by atoms with van der Waals surface area (Å²) in [5.74, 6) is -1.63. The van der Waals surface area contributed by atoms with Crippen LogP contribution < -0.4 is 0 Å². The first-order chi connectivity index (χ1) is 9.79. The predicted octanol–water partition coefficient (Wildman–Crippen LogP) is 2.23. The Morgan fingerprint density at radius 2 is 2.05 bits per heavy atom. The largest absolute Gasteiger partial charge is 0.480 e. The molecule has 7 nitrogen and oxygen atoms in total. The van der Waals surface area contributed by atoms with Crippen LogP contribution in [-0.4, -0.2) is 39.4 Å². The lowest BCUT2D eigenvalue weighted by Gasteiger charge is -2.27. The molecule has 0 bridgehead atoms. The summed E-state index contributed by atoms with van der Waals surface area (Å²) < 4.78 is 0. The molecule has 1 atom stereocenters. The first kappa shape index (κ1) is 16.6. The lowest BCUT2D eigenvalue weighted by Crippen LogP contribution is -2.42. The van der Waals surface area contributed by atoms with Crippen LogP contribution >= 0.6 is 0 Å². The first-order valence-corrected chi connectivity index (χ1v) is 6.56.